The van der Waals surface area contributed by atoms with E-state index < -0.39 is 0 Å². The number of nitrogens with one attached hydrogen (secondary N) is 1. The molecule has 0 spiro atoms. The third-order valence-electron chi connectivity index (χ3n) is 4.78. The Morgan fingerprint density at radius 2 is 2.07 bits per heavy atom. The SMILES string of the molecule is CN(C)c1ccc(-c2cc3nccnc3c(OC[C@@H]3CCCNC3)n2)cn1. The lowest BCUT2D eigenvalue weighted by Crippen LogP contribution is -2.33. The number of nitrogens with zero attached hydrogens (tertiary/aromatic N) is 5. The molecule has 3 aromatic rings. The van der Waals surface area contributed by atoms with E-state index in [1.807, 2.05) is 43.4 Å². The van der Waals surface area contributed by atoms with E-state index in [0.717, 1.165) is 35.7 Å². The zero-order valence-corrected chi connectivity index (χ0v) is 15.7. The molecule has 1 saturated heterocycles. The normalized spacial score (nSPS) is 17.0. The highest BCUT2D eigenvalue weighted by Gasteiger charge is 2.16. The largest absolute Gasteiger partial charge is 0.476 e. The Hall–Kier alpha value is -2.80. The first-order valence-corrected chi connectivity index (χ1v) is 9.30. The van der Waals surface area contributed by atoms with Gasteiger partial charge in [0.15, 0.2) is 5.52 Å². The Kier molecular flexibility index (Phi) is 5.11. The first kappa shape index (κ1) is 17.6. The maximum atomic E-state index is 6.10. The molecule has 0 amide bonds. The molecule has 4 rings (SSSR count). The number of hydrogen-bond donors (Lipinski definition) is 1. The predicted octanol–water partition coefficient (Wildman–Crippen LogP) is 2.53. The van der Waals surface area contributed by atoms with Crippen LogP contribution >= 0.6 is 0 Å². The van der Waals surface area contributed by atoms with E-state index in [1.165, 1.54) is 12.8 Å². The van der Waals surface area contributed by atoms with E-state index >= 15 is 0 Å². The van der Waals surface area contributed by atoms with E-state index in [4.69, 9.17) is 9.72 Å². The van der Waals surface area contributed by atoms with Crippen LogP contribution in [0.1, 0.15) is 12.8 Å². The zero-order chi connectivity index (χ0) is 18.6. The molecule has 1 atom stereocenters. The average molecular weight is 364 g/mol. The second-order valence-electron chi connectivity index (χ2n) is 7.06. The van der Waals surface area contributed by atoms with Crippen molar-refractivity contribution in [2.45, 2.75) is 12.8 Å². The number of piperidine rings is 1. The van der Waals surface area contributed by atoms with Crippen molar-refractivity contribution in [3.63, 3.8) is 0 Å². The molecule has 1 fully saturated rings. The molecule has 7 nitrogen and oxygen atoms in total. The van der Waals surface area contributed by atoms with Gasteiger partial charge in [-0.2, -0.15) is 0 Å². The summed E-state index contributed by atoms with van der Waals surface area (Å²) in [4.78, 5) is 20.1. The van der Waals surface area contributed by atoms with Gasteiger partial charge < -0.3 is 15.0 Å². The van der Waals surface area contributed by atoms with Crippen LogP contribution in [0.3, 0.4) is 0 Å². The molecule has 27 heavy (non-hydrogen) atoms. The molecule has 0 aliphatic carbocycles. The van der Waals surface area contributed by atoms with Crippen LogP contribution in [0.25, 0.3) is 22.3 Å². The van der Waals surface area contributed by atoms with Crippen LogP contribution < -0.4 is 15.0 Å². The summed E-state index contributed by atoms with van der Waals surface area (Å²) in [6.07, 6.45) is 7.55. The van der Waals surface area contributed by atoms with Crippen LogP contribution in [0.2, 0.25) is 0 Å². The topological polar surface area (TPSA) is 76.1 Å². The van der Waals surface area contributed by atoms with Crippen molar-refractivity contribution < 1.29 is 4.74 Å². The second kappa shape index (κ2) is 7.84. The fraction of sp³-hybridized carbons (Fsp3) is 0.400. The minimum atomic E-state index is 0.497. The minimum Gasteiger partial charge on any atom is -0.476 e. The highest BCUT2D eigenvalue weighted by Crippen LogP contribution is 2.27. The third-order valence-corrected chi connectivity index (χ3v) is 4.78. The van der Waals surface area contributed by atoms with Gasteiger partial charge in [0.2, 0.25) is 5.88 Å². The minimum absolute atomic E-state index is 0.497. The number of hydrogen-bond acceptors (Lipinski definition) is 7. The average Bonchev–Trinajstić information content (AvgIpc) is 2.72. The van der Waals surface area contributed by atoms with Gasteiger partial charge in [-0.3, -0.25) is 4.98 Å². The van der Waals surface area contributed by atoms with Gasteiger partial charge >= 0.3 is 0 Å². The summed E-state index contributed by atoms with van der Waals surface area (Å²) in [5, 5.41) is 3.42. The predicted molar refractivity (Wildman–Crippen MR) is 106 cm³/mol. The molecular formula is C20H24N6O. The summed E-state index contributed by atoms with van der Waals surface area (Å²) in [6, 6.07) is 5.93. The van der Waals surface area contributed by atoms with E-state index in [2.05, 4.69) is 20.3 Å². The Morgan fingerprint density at radius 1 is 1.19 bits per heavy atom. The molecule has 3 aromatic heterocycles. The molecule has 140 valence electrons. The number of fused-ring (bicyclic) bond motifs is 1. The monoisotopic (exact) mass is 364 g/mol. The smallest absolute Gasteiger partial charge is 0.242 e. The highest BCUT2D eigenvalue weighted by atomic mass is 16.5. The molecule has 0 radical (unpaired) electrons. The molecule has 4 heterocycles. The highest BCUT2D eigenvalue weighted by molar-refractivity contribution is 5.83. The molecule has 0 bridgehead atoms. The van der Waals surface area contributed by atoms with Gasteiger partial charge in [0.1, 0.15) is 5.82 Å². The number of rotatable bonds is 5. The van der Waals surface area contributed by atoms with Crippen LogP contribution in [-0.2, 0) is 0 Å². The maximum Gasteiger partial charge on any atom is 0.242 e. The Bertz CT molecular complexity index is 906. The van der Waals surface area contributed by atoms with Gasteiger partial charge in [0.05, 0.1) is 17.8 Å². The van der Waals surface area contributed by atoms with Gasteiger partial charge in [-0.15, -0.1) is 0 Å². The van der Waals surface area contributed by atoms with Gasteiger partial charge in [-0.05, 0) is 37.6 Å². The van der Waals surface area contributed by atoms with Crippen molar-refractivity contribution in [3.05, 3.63) is 36.8 Å². The standard InChI is InChI=1S/C20H24N6O/c1-26(2)18-6-5-15(12-24-18)16-10-17-19(23-9-8-22-17)20(25-16)27-13-14-4-3-7-21-11-14/h5-6,8-10,12,14,21H,3-4,7,11,13H2,1-2H3/t14-/m1/s1. The Morgan fingerprint density at radius 3 is 2.81 bits per heavy atom. The molecular weight excluding hydrogens is 340 g/mol. The molecule has 0 unspecified atom stereocenters. The van der Waals surface area contributed by atoms with Gasteiger partial charge in [-0.25, -0.2) is 15.0 Å². The van der Waals surface area contributed by atoms with E-state index in [0.29, 0.717) is 23.9 Å². The second-order valence-corrected chi connectivity index (χ2v) is 7.06. The molecule has 1 aliphatic rings. The fourth-order valence-corrected chi connectivity index (χ4v) is 3.26. The summed E-state index contributed by atoms with van der Waals surface area (Å²) in [5.41, 5.74) is 3.19. The summed E-state index contributed by atoms with van der Waals surface area (Å²) in [5.74, 6) is 1.94. The summed E-state index contributed by atoms with van der Waals surface area (Å²) in [6.45, 7) is 2.71. The summed E-state index contributed by atoms with van der Waals surface area (Å²) >= 11 is 0. The van der Waals surface area contributed by atoms with Crippen molar-refractivity contribution in [1.29, 1.82) is 0 Å². The van der Waals surface area contributed by atoms with Crippen LogP contribution in [-0.4, -0.2) is 53.7 Å². The summed E-state index contributed by atoms with van der Waals surface area (Å²) in [7, 11) is 3.94. The first-order valence-electron chi connectivity index (χ1n) is 9.30. The quantitative estimate of drug-likeness (QED) is 0.745. The Balaban J connectivity index is 1.65. The lowest BCUT2D eigenvalue weighted by molar-refractivity contribution is 0.214. The number of aromatic nitrogens is 4. The summed E-state index contributed by atoms with van der Waals surface area (Å²) < 4.78 is 6.10. The lowest BCUT2D eigenvalue weighted by Gasteiger charge is -2.22. The molecule has 1 N–H and O–H groups in total. The molecule has 7 heteroatoms. The van der Waals surface area contributed by atoms with E-state index in [9.17, 15) is 0 Å². The van der Waals surface area contributed by atoms with Crippen molar-refractivity contribution in [2.24, 2.45) is 5.92 Å². The zero-order valence-electron chi connectivity index (χ0n) is 15.7. The van der Waals surface area contributed by atoms with Crippen LogP contribution in [0, 0.1) is 5.92 Å². The maximum absolute atomic E-state index is 6.10. The number of pyridine rings is 2. The lowest BCUT2D eigenvalue weighted by atomic mass is 10.0. The number of ether oxygens (including phenoxy) is 1. The van der Waals surface area contributed by atoms with Crippen molar-refractivity contribution >= 4 is 16.9 Å². The van der Waals surface area contributed by atoms with Crippen LogP contribution in [0.15, 0.2) is 36.8 Å². The van der Waals surface area contributed by atoms with Crippen molar-refractivity contribution in [1.82, 2.24) is 25.3 Å². The van der Waals surface area contributed by atoms with Gasteiger partial charge in [0, 0.05) is 50.7 Å². The molecule has 0 saturated carbocycles. The van der Waals surface area contributed by atoms with Crippen molar-refractivity contribution in [2.75, 3.05) is 38.7 Å². The van der Waals surface area contributed by atoms with Gasteiger partial charge in [-0.1, -0.05) is 0 Å². The third kappa shape index (κ3) is 3.98. The number of anilines is 1. The first-order chi connectivity index (χ1) is 13.2. The Labute approximate surface area is 158 Å². The fourth-order valence-electron chi connectivity index (χ4n) is 3.26. The van der Waals surface area contributed by atoms with E-state index in [-0.39, 0.29) is 0 Å². The molecule has 0 aromatic carbocycles. The van der Waals surface area contributed by atoms with Crippen molar-refractivity contribution in [3.8, 4) is 17.1 Å². The van der Waals surface area contributed by atoms with Gasteiger partial charge in [0.25, 0.3) is 0 Å². The van der Waals surface area contributed by atoms with E-state index in [1.54, 1.807) is 12.4 Å². The molecule has 1 aliphatic heterocycles. The van der Waals surface area contributed by atoms with Crippen LogP contribution in [0.4, 0.5) is 5.82 Å². The van der Waals surface area contributed by atoms with Crippen LogP contribution in [0.5, 0.6) is 5.88 Å².